The number of rotatable bonds is 7. The number of hydrogen-bond acceptors (Lipinski definition) is 5. The molecule has 0 spiro atoms. The summed E-state index contributed by atoms with van der Waals surface area (Å²) >= 11 is 0. The molecule has 0 aliphatic rings. The maximum Gasteiger partial charge on any atom is 0.335 e. The molecule has 0 radical (unpaired) electrons. The van der Waals surface area contributed by atoms with Gasteiger partial charge in [-0.15, -0.1) is 0 Å². The summed E-state index contributed by atoms with van der Waals surface area (Å²) in [6.45, 7) is 0. The molecule has 2 rings (SSSR count). The van der Waals surface area contributed by atoms with Gasteiger partial charge in [0.05, 0.1) is 12.7 Å². The van der Waals surface area contributed by atoms with Gasteiger partial charge in [0.1, 0.15) is 10.6 Å². The molecule has 3 N–H and O–H groups in total. The fraction of sp³-hybridized carbons (Fsp3) is 0.0588. The quantitative estimate of drug-likeness (QED) is 0.631. The zero-order valence-corrected chi connectivity index (χ0v) is 14.4. The fourth-order valence-corrected chi connectivity index (χ4v) is 3.33. The minimum Gasteiger partial charge on any atom is -0.495 e. The summed E-state index contributed by atoms with van der Waals surface area (Å²) in [7, 11) is -2.75. The van der Waals surface area contributed by atoms with E-state index < -0.39 is 22.0 Å². The molecule has 0 bridgehead atoms. The van der Waals surface area contributed by atoms with Gasteiger partial charge in [-0.3, -0.25) is 4.72 Å². The van der Waals surface area contributed by atoms with Gasteiger partial charge < -0.3 is 14.9 Å². The van der Waals surface area contributed by atoms with Crippen molar-refractivity contribution in [3.8, 4) is 5.75 Å². The van der Waals surface area contributed by atoms with Gasteiger partial charge >= 0.3 is 11.9 Å². The third kappa shape index (κ3) is 4.61. The number of carboxylic acids is 2. The summed E-state index contributed by atoms with van der Waals surface area (Å²) in [5, 5.41) is 17.5. The third-order valence-corrected chi connectivity index (χ3v) is 4.68. The van der Waals surface area contributed by atoms with Crippen LogP contribution < -0.4 is 9.46 Å². The van der Waals surface area contributed by atoms with Gasteiger partial charge in [-0.25, -0.2) is 18.0 Å². The molecule has 0 unspecified atom stereocenters. The van der Waals surface area contributed by atoms with Gasteiger partial charge in [0.15, 0.2) is 0 Å². The van der Waals surface area contributed by atoms with Crippen LogP contribution in [0.1, 0.15) is 15.9 Å². The molecule has 0 aliphatic carbocycles. The Morgan fingerprint density at radius 1 is 1.08 bits per heavy atom. The van der Waals surface area contributed by atoms with E-state index in [0.29, 0.717) is 5.56 Å². The summed E-state index contributed by atoms with van der Waals surface area (Å²) in [6.07, 6.45) is 2.14. The smallest absolute Gasteiger partial charge is 0.335 e. The molecular formula is C17H15NO7S. The number of aromatic carboxylic acids is 1. The van der Waals surface area contributed by atoms with Crippen molar-refractivity contribution in [1.82, 2.24) is 0 Å². The molecule has 2 aromatic rings. The Hall–Kier alpha value is -3.33. The zero-order valence-electron chi connectivity index (χ0n) is 13.5. The molecule has 0 amide bonds. The SMILES string of the molecule is COc1ccc(C=CC(=O)O)cc1S(=O)(=O)Nc1ccc(C(=O)O)cc1. The van der Waals surface area contributed by atoms with Gasteiger partial charge in [0.2, 0.25) is 0 Å². The van der Waals surface area contributed by atoms with Crippen molar-refractivity contribution in [3.63, 3.8) is 0 Å². The van der Waals surface area contributed by atoms with Crippen LogP contribution >= 0.6 is 0 Å². The summed E-state index contributed by atoms with van der Waals surface area (Å²) in [4.78, 5) is 21.3. The van der Waals surface area contributed by atoms with Crippen molar-refractivity contribution in [3.05, 3.63) is 59.7 Å². The average molecular weight is 377 g/mol. The lowest BCUT2D eigenvalue weighted by atomic mass is 10.2. The average Bonchev–Trinajstić information content (AvgIpc) is 2.59. The van der Waals surface area contributed by atoms with E-state index >= 15 is 0 Å². The van der Waals surface area contributed by atoms with Crippen LogP contribution in [0.15, 0.2) is 53.4 Å². The second-order valence-corrected chi connectivity index (χ2v) is 6.72. The number of aliphatic carboxylic acids is 1. The molecule has 26 heavy (non-hydrogen) atoms. The summed E-state index contributed by atoms with van der Waals surface area (Å²) < 4.78 is 32.7. The van der Waals surface area contributed by atoms with Gasteiger partial charge in [-0.1, -0.05) is 6.07 Å². The molecule has 0 fully saturated rings. The molecular weight excluding hydrogens is 362 g/mol. The number of ether oxygens (including phenoxy) is 1. The van der Waals surface area contributed by atoms with Crippen molar-refractivity contribution in [2.75, 3.05) is 11.8 Å². The molecule has 2 aromatic carbocycles. The van der Waals surface area contributed by atoms with E-state index in [0.717, 1.165) is 6.08 Å². The number of benzene rings is 2. The molecule has 9 heteroatoms. The zero-order chi connectivity index (χ0) is 19.3. The molecule has 136 valence electrons. The Balaban J connectivity index is 2.38. The molecule has 0 aliphatic heterocycles. The summed E-state index contributed by atoms with van der Waals surface area (Å²) in [5.74, 6) is -2.21. The first-order valence-electron chi connectivity index (χ1n) is 7.18. The lowest BCUT2D eigenvalue weighted by Gasteiger charge is -2.12. The number of anilines is 1. The highest BCUT2D eigenvalue weighted by Gasteiger charge is 2.20. The number of sulfonamides is 1. The number of nitrogens with one attached hydrogen (secondary N) is 1. The van der Waals surface area contributed by atoms with Crippen LogP contribution in [0.2, 0.25) is 0 Å². The monoisotopic (exact) mass is 377 g/mol. The Morgan fingerprint density at radius 2 is 1.73 bits per heavy atom. The van der Waals surface area contributed by atoms with Crippen LogP contribution in [-0.2, 0) is 14.8 Å². The number of carbonyl (C=O) groups is 2. The maximum atomic E-state index is 12.6. The number of hydrogen-bond donors (Lipinski definition) is 3. The topological polar surface area (TPSA) is 130 Å². The molecule has 0 atom stereocenters. The second kappa shape index (κ2) is 7.70. The lowest BCUT2D eigenvalue weighted by Crippen LogP contribution is -2.14. The van der Waals surface area contributed by atoms with Crippen LogP contribution in [0.4, 0.5) is 5.69 Å². The second-order valence-electron chi connectivity index (χ2n) is 5.07. The first-order valence-corrected chi connectivity index (χ1v) is 8.66. The number of carboxylic acid groups (broad SMARTS) is 2. The van der Waals surface area contributed by atoms with Crippen LogP contribution in [0, 0.1) is 0 Å². The number of methoxy groups -OCH3 is 1. The Bertz CT molecular complexity index is 963. The van der Waals surface area contributed by atoms with Crippen LogP contribution in [0.3, 0.4) is 0 Å². The molecule has 0 saturated carbocycles. The van der Waals surface area contributed by atoms with Gasteiger partial charge in [-0.2, -0.15) is 0 Å². The van der Waals surface area contributed by atoms with Crippen LogP contribution in [0.25, 0.3) is 6.08 Å². The third-order valence-electron chi connectivity index (χ3n) is 3.28. The van der Waals surface area contributed by atoms with E-state index in [1.807, 2.05) is 0 Å². The highest BCUT2D eigenvalue weighted by Crippen LogP contribution is 2.27. The summed E-state index contributed by atoms with van der Waals surface area (Å²) in [5.41, 5.74) is 0.546. The van der Waals surface area contributed by atoms with Gasteiger partial charge in [-0.05, 0) is 48.0 Å². The normalized spacial score (nSPS) is 11.3. The van der Waals surface area contributed by atoms with Gasteiger partial charge in [0, 0.05) is 11.8 Å². The van der Waals surface area contributed by atoms with Gasteiger partial charge in [0.25, 0.3) is 10.0 Å². The van der Waals surface area contributed by atoms with E-state index in [2.05, 4.69) is 4.72 Å². The van der Waals surface area contributed by atoms with E-state index in [1.165, 1.54) is 55.7 Å². The van der Waals surface area contributed by atoms with Crippen molar-refractivity contribution in [1.29, 1.82) is 0 Å². The lowest BCUT2D eigenvalue weighted by molar-refractivity contribution is -0.131. The minimum atomic E-state index is -4.05. The largest absolute Gasteiger partial charge is 0.495 e. The summed E-state index contributed by atoms with van der Waals surface area (Å²) in [6, 6.07) is 9.37. The van der Waals surface area contributed by atoms with Crippen molar-refractivity contribution >= 4 is 33.7 Å². The van der Waals surface area contributed by atoms with E-state index in [4.69, 9.17) is 14.9 Å². The Labute approximate surface area is 149 Å². The fourth-order valence-electron chi connectivity index (χ4n) is 2.07. The highest BCUT2D eigenvalue weighted by molar-refractivity contribution is 7.92. The first-order chi connectivity index (χ1) is 12.2. The highest BCUT2D eigenvalue weighted by atomic mass is 32.2. The molecule has 0 heterocycles. The predicted molar refractivity (Wildman–Crippen MR) is 93.9 cm³/mol. The van der Waals surface area contributed by atoms with Crippen LogP contribution in [-0.4, -0.2) is 37.7 Å². The van der Waals surface area contributed by atoms with E-state index in [-0.39, 0.29) is 21.9 Å². The first kappa shape index (κ1) is 19.0. The predicted octanol–water partition coefficient (Wildman–Crippen LogP) is 2.29. The molecule has 8 nitrogen and oxygen atoms in total. The Kier molecular flexibility index (Phi) is 5.63. The molecule has 0 saturated heterocycles. The standard InChI is InChI=1S/C17H15NO7S/c1-25-14-8-2-11(3-9-16(19)20)10-15(14)26(23,24)18-13-6-4-12(5-7-13)17(21)22/h2-10,18H,1H3,(H,19,20)(H,21,22). The van der Waals surface area contributed by atoms with Crippen molar-refractivity contribution in [2.45, 2.75) is 4.90 Å². The van der Waals surface area contributed by atoms with E-state index in [1.54, 1.807) is 0 Å². The minimum absolute atomic E-state index is 0.0198. The Morgan fingerprint density at radius 3 is 2.27 bits per heavy atom. The van der Waals surface area contributed by atoms with Crippen LogP contribution in [0.5, 0.6) is 5.75 Å². The van der Waals surface area contributed by atoms with Crippen molar-refractivity contribution < 1.29 is 33.0 Å². The molecule has 0 aromatic heterocycles. The van der Waals surface area contributed by atoms with E-state index in [9.17, 15) is 18.0 Å². The maximum absolute atomic E-state index is 12.6. The van der Waals surface area contributed by atoms with Crippen molar-refractivity contribution in [2.24, 2.45) is 0 Å².